The first-order chi connectivity index (χ1) is 5.34. The van der Waals surface area contributed by atoms with Crippen molar-refractivity contribution >= 4 is 0 Å². The Labute approximate surface area is 63.6 Å². The Morgan fingerprint density at radius 1 is 1.55 bits per heavy atom. The summed E-state index contributed by atoms with van der Waals surface area (Å²) in [5, 5.41) is 0. The summed E-state index contributed by atoms with van der Waals surface area (Å²) in [4.78, 5) is 0. The monoisotopic (exact) mass is 157 g/mol. The molecular weight excluding hydrogens is 150 g/mol. The van der Waals surface area contributed by atoms with Gasteiger partial charge in [-0.05, 0) is 6.07 Å². The molecule has 0 fully saturated rings. The van der Waals surface area contributed by atoms with Crippen molar-refractivity contribution in [1.29, 1.82) is 0 Å². The van der Waals surface area contributed by atoms with Crippen LogP contribution in [0.25, 0.3) is 0 Å². The maximum atomic E-state index is 12.6. The van der Waals surface area contributed by atoms with Gasteiger partial charge in [-0.25, -0.2) is 8.78 Å². The minimum Gasteiger partial charge on any atom is -0.488 e. The minimum absolute atomic E-state index is 0.0464. The lowest BCUT2D eigenvalue weighted by Gasteiger charge is -2.02. The molecule has 59 valence electrons. The van der Waals surface area contributed by atoms with Crippen LogP contribution in [0.3, 0.4) is 0 Å². The van der Waals surface area contributed by atoms with Crippen LogP contribution < -0.4 is 4.74 Å². The molecule has 0 spiro atoms. The SMILES string of the molecule is FCCOc1ccc[c]c1F. The highest BCUT2D eigenvalue weighted by Gasteiger charge is 1.99. The Kier molecular flexibility index (Phi) is 2.83. The van der Waals surface area contributed by atoms with Gasteiger partial charge in [-0.3, -0.25) is 0 Å². The molecule has 0 aliphatic rings. The molecule has 0 unspecified atom stereocenters. The van der Waals surface area contributed by atoms with Crippen molar-refractivity contribution in [3.05, 3.63) is 30.1 Å². The highest BCUT2D eigenvalue weighted by atomic mass is 19.1. The van der Waals surface area contributed by atoms with E-state index in [0.29, 0.717) is 0 Å². The average molecular weight is 157 g/mol. The van der Waals surface area contributed by atoms with E-state index < -0.39 is 12.5 Å². The Morgan fingerprint density at radius 3 is 3.00 bits per heavy atom. The van der Waals surface area contributed by atoms with Crippen LogP contribution in [-0.2, 0) is 0 Å². The van der Waals surface area contributed by atoms with E-state index in [2.05, 4.69) is 6.07 Å². The molecule has 1 aromatic carbocycles. The van der Waals surface area contributed by atoms with Gasteiger partial charge in [-0.2, -0.15) is 0 Å². The van der Waals surface area contributed by atoms with Gasteiger partial charge in [0.1, 0.15) is 13.3 Å². The minimum atomic E-state index is -0.617. The van der Waals surface area contributed by atoms with Crippen LogP contribution in [0.15, 0.2) is 18.2 Å². The predicted molar refractivity (Wildman–Crippen MR) is 36.7 cm³/mol. The summed E-state index contributed by atoms with van der Waals surface area (Å²) < 4.78 is 28.9. The van der Waals surface area contributed by atoms with Crippen LogP contribution in [0.1, 0.15) is 0 Å². The molecule has 1 nitrogen and oxygen atoms in total. The van der Waals surface area contributed by atoms with Gasteiger partial charge in [-0.15, -0.1) is 0 Å². The molecule has 0 saturated heterocycles. The van der Waals surface area contributed by atoms with Crippen LogP contribution in [0.2, 0.25) is 0 Å². The smallest absolute Gasteiger partial charge is 0.172 e. The normalized spacial score (nSPS) is 9.64. The van der Waals surface area contributed by atoms with Gasteiger partial charge in [0.2, 0.25) is 0 Å². The molecule has 1 rings (SSSR count). The number of hydrogen-bond acceptors (Lipinski definition) is 1. The van der Waals surface area contributed by atoms with E-state index in [0.717, 1.165) is 0 Å². The molecule has 11 heavy (non-hydrogen) atoms. The van der Waals surface area contributed by atoms with Gasteiger partial charge in [0, 0.05) is 6.07 Å². The number of hydrogen-bond donors (Lipinski definition) is 0. The zero-order chi connectivity index (χ0) is 8.10. The second kappa shape index (κ2) is 3.91. The highest BCUT2D eigenvalue weighted by Crippen LogP contribution is 2.14. The Hall–Kier alpha value is -1.12. The summed E-state index contributed by atoms with van der Waals surface area (Å²) in [7, 11) is 0. The second-order valence-corrected chi connectivity index (χ2v) is 1.89. The summed E-state index contributed by atoms with van der Waals surface area (Å²) >= 11 is 0. The van der Waals surface area contributed by atoms with Gasteiger partial charge in [0.15, 0.2) is 11.6 Å². The molecule has 0 bridgehead atoms. The third kappa shape index (κ3) is 2.18. The average Bonchev–Trinajstić information content (AvgIpc) is 2.03. The number of rotatable bonds is 3. The van der Waals surface area contributed by atoms with Gasteiger partial charge in [-0.1, -0.05) is 12.1 Å². The standard InChI is InChI=1S/C8H7F2O/c9-5-6-11-8-4-2-1-3-7(8)10/h1-2,4H,5-6H2. The summed E-state index contributed by atoms with van der Waals surface area (Å²) in [5.74, 6) is -0.536. The maximum Gasteiger partial charge on any atom is 0.172 e. The molecule has 1 aromatic rings. The van der Waals surface area contributed by atoms with Gasteiger partial charge >= 0.3 is 0 Å². The summed E-state index contributed by atoms with van der Waals surface area (Å²) in [6.07, 6.45) is 0. The Balaban J connectivity index is 2.62. The van der Waals surface area contributed by atoms with Gasteiger partial charge < -0.3 is 4.74 Å². The van der Waals surface area contributed by atoms with Crippen LogP contribution >= 0.6 is 0 Å². The van der Waals surface area contributed by atoms with Crippen molar-refractivity contribution < 1.29 is 13.5 Å². The zero-order valence-corrected chi connectivity index (χ0v) is 5.81. The third-order valence-corrected chi connectivity index (χ3v) is 1.10. The summed E-state index contributed by atoms with van der Waals surface area (Å²) in [6.45, 7) is -0.733. The van der Waals surface area contributed by atoms with E-state index in [-0.39, 0.29) is 12.4 Å². The fourth-order valence-electron chi connectivity index (χ4n) is 0.661. The van der Waals surface area contributed by atoms with Crippen molar-refractivity contribution in [3.8, 4) is 5.75 Å². The largest absolute Gasteiger partial charge is 0.488 e. The van der Waals surface area contributed by atoms with Crippen molar-refractivity contribution in [2.24, 2.45) is 0 Å². The summed E-state index contributed by atoms with van der Waals surface area (Å²) in [5.41, 5.74) is 0. The van der Waals surface area contributed by atoms with E-state index in [9.17, 15) is 8.78 Å². The molecule has 0 aromatic heterocycles. The van der Waals surface area contributed by atoms with E-state index in [1.165, 1.54) is 12.1 Å². The third-order valence-electron chi connectivity index (χ3n) is 1.10. The Bertz CT molecular complexity index is 225. The molecule has 0 saturated carbocycles. The number of alkyl halides is 1. The number of benzene rings is 1. The highest BCUT2D eigenvalue weighted by molar-refractivity contribution is 5.22. The lowest BCUT2D eigenvalue weighted by molar-refractivity contribution is 0.262. The quantitative estimate of drug-likeness (QED) is 0.651. The maximum absolute atomic E-state index is 12.6. The van der Waals surface area contributed by atoms with Crippen LogP contribution in [-0.4, -0.2) is 13.3 Å². The topological polar surface area (TPSA) is 9.23 Å². The molecule has 0 N–H and O–H groups in total. The molecule has 0 atom stereocenters. The second-order valence-electron chi connectivity index (χ2n) is 1.89. The van der Waals surface area contributed by atoms with E-state index in [1.807, 2.05) is 0 Å². The van der Waals surface area contributed by atoms with Crippen LogP contribution in [0.4, 0.5) is 8.78 Å². The molecule has 0 aliphatic heterocycles. The predicted octanol–water partition coefficient (Wildman–Crippen LogP) is 1.97. The van der Waals surface area contributed by atoms with Crippen LogP contribution in [0.5, 0.6) is 5.75 Å². The Morgan fingerprint density at radius 2 is 2.36 bits per heavy atom. The van der Waals surface area contributed by atoms with E-state index in [1.54, 1.807) is 6.07 Å². The molecule has 0 aliphatic carbocycles. The lowest BCUT2D eigenvalue weighted by Crippen LogP contribution is -2.00. The van der Waals surface area contributed by atoms with Crippen molar-refractivity contribution in [2.45, 2.75) is 0 Å². The molecule has 0 amide bonds. The van der Waals surface area contributed by atoms with Gasteiger partial charge in [0.05, 0.1) is 0 Å². The van der Waals surface area contributed by atoms with Crippen molar-refractivity contribution in [1.82, 2.24) is 0 Å². The van der Waals surface area contributed by atoms with Crippen LogP contribution in [0, 0.1) is 11.9 Å². The molecule has 3 heteroatoms. The molecular formula is C8H7F2O. The van der Waals surface area contributed by atoms with Crippen molar-refractivity contribution in [3.63, 3.8) is 0 Å². The van der Waals surface area contributed by atoms with Gasteiger partial charge in [0.25, 0.3) is 0 Å². The summed E-state index contributed by atoms with van der Waals surface area (Å²) in [6, 6.07) is 6.73. The van der Waals surface area contributed by atoms with E-state index in [4.69, 9.17) is 4.74 Å². The lowest BCUT2D eigenvalue weighted by atomic mass is 10.3. The first-order valence-corrected chi connectivity index (χ1v) is 3.19. The number of halogens is 2. The zero-order valence-electron chi connectivity index (χ0n) is 5.81. The fourth-order valence-corrected chi connectivity index (χ4v) is 0.661. The first kappa shape index (κ1) is 7.98. The van der Waals surface area contributed by atoms with Crippen molar-refractivity contribution in [2.75, 3.05) is 13.3 Å². The fraction of sp³-hybridized carbons (Fsp3) is 0.250. The first-order valence-electron chi connectivity index (χ1n) is 3.19. The molecule has 0 heterocycles. The number of ether oxygens (including phenoxy) is 1. The molecule has 1 radical (unpaired) electrons. The van der Waals surface area contributed by atoms with E-state index >= 15 is 0 Å².